The van der Waals surface area contributed by atoms with Gasteiger partial charge in [0.1, 0.15) is 17.5 Å². The molecule has 30 heavy (non-hydrogen) atoms. The van der Waals surface area contributed by atoms with Gasteiger partial charge in [-0.05, 0) is 48.5 Å². The van der Waals surface area contributed by atoms with Gasteiger partial charge in [-0.2, -0.15) is 0 Å². The van der Waals surface area contributed by atoms with E-state index in [1.54, 1.807) is 41.1 Å². The van der Waals surface area contributed by atoms with Crippen molar-refractivity contribution in [2.75, 3.05) is 5.73 Å². The minimum atomic E-state index is -0.420. The highest BCUT2D eigenvalue weighted by molar-refractivity contribution is 6.35. The SMILES string of the molecule is Nc1ccc(-c2cn(CC(Oc3ccc(Cl)cc3)c3ccc(Cl)cc3Cl)nn2)cc1. The zero-order chi connectivity index (χ0) is 21.1. The summed E-state index contributed by atoms with van der Waals surface area (Å²) in [6.45, 7) is 0.395. The Morgan fingerprint density at radius 3 is 2.30 bits per heavy atom. The monoisotopic (exact) mass is 458 g/mol. The van der Waals surface area contributed by atoms with E-state index in [4.69, 9.17) is 45.3 Å². The average Bonchev–Trinajstić information content (AvgIpc) is 3.18. The van der Waals surface area contributed by atoms with Gasteiger partial charge in [0.15, 0.2) is 0 Å². The summed E-state index contributed by atoms with van der Waals surface area (Å²) in [5, 5.41) is 10.2. The molecule has 0 aliphatic rings. The molecule has 0 radical (unpaired) electrons. The molecule has 0 saturated heterocycles. The van der Waals surface area contributed by atoms with Crippen LogP contribution in [0.5, 0.6) is 5.75 Å². The third-order valence-electron chi connectivity index (χ3n) is 4.50. The summed E-state index contributed by atoms with van der Waals surface area (Å²) in [6, 6.07) is 19.9. The molecule has 0 fully saturated rings. The molecule has 1 atom stereocenters. The number of halogens is 3. The first-order valence-corrected chi connectivity index (χ1v) is 10.2. The second-order valence-corrected chi connectivity index (χ2v) is 7.95. The molecular formula is C22H17Cl3N4O. The van der Waals surface area contributed by atoms with E-state index in [1.807, 2.05) is 36.5 Å². The lowest BCUT2D eigenvalue weighted by molar-refractivity contribution is 0.177. The Morgan fingerprint density at radius 2 is 1.60 bits per heavy atom. The van der Waals surface area contributed by atoms with Crippen molar-refractivity contribution in [1.82, 2.24) is 15.0 Å². The third-order valence-corrected chi connectivity index (χ3v) is 5.31. The summed E-state index contributed by atoms with van der Waals surface area (Å²) in [6.07, 6.45) is 1.44. The summed E-state index contributed by atoms with van der Waals surface area (Å²) in [5.41, 5.74) is 8.91. The van der Waals surface area contributed by atoms with Crippen molar-refractivity contribution in [1.29, 1.82) is 0 Å². The number of hydrogen-bond acceptors (Lipinski definition) is 4. The van der Waals surface area contributed by atoms with Crippen LogP contribution in [0.4, 0.5) is 5.69 Å². The Hall–Kier alpha value is -2.73. The quantitative estimate of drug-likeness (QED) is 0.343. The first-order valence-electron chi connectivity index (χ1n) is 9.11. The van der Waals surface area contributed by atoms with Crippen LogP contribution in [-0.4, -0.2) is 15.0 Å². The fraction of sp³-hybridized carbons (Fsp3) is 0.0909. The van der Waals surface area contributed by atoms with Crippen molar-refractivity contribution >= 4 is 40.5 Å². The molecule has 1 unspecified atom stereocenters. The Morgan fingerprint density at radius 1 is 0.900 bits per heavy atom. The number of anilines is 1. The molecule has 0 spiro atoms. The zero-order valence-electron chi connectivity index (χ0n) is 15.7. The van der Waals surface area contributed by atoms with Crippen LogP contribution in [0.25, 0.3) is 11.3 Å². The summed E-state index contributed by atoms with van der Waals surface area (Å²) in [7, 11) is 0. The smallest absolute Gasteiger partial charge is 0.145 e. The second-order valence-electron chi connectivity index (χ2n) is 6.67. The fourth-order valence-corrected chi connectivity index (χ4v) is 3.64. The Bertz CT molecular complexity index is 1140. The molecule has 0 amide bonds. The summed E-state index contributed by atoms with van der Waals surface area (Å²) < 4.78 is 7.94. The number of nitrogen functional groups attached to an aromatic ring is 1. The number of nitrogens with two attached hydrogens (primary N) is 1. The Labute approximate surface area is 188 Å². The van der Waals surface area contributed by atoms with Gasteiger partial charge in [0, 0.05) is 31.9 Å². The van der Waals surface area contributed by atoms with Gasteiger partial charge < -0.3 is 10.5 Å². The first-order chi connectivity index (χ1) is 14.5. The summed E-state index contributed by atoms with van der Waals surface area (Å²) in [5.74, 6) is 0.661. The third kappa shape index (κ3) is 4.87. The van der Waals surface area contributed by atoms with Crippen LogP contribution < -0.4 is 10.5 Å². The number of rotatable bonds is 6. The van der Waals surface area contributed by atoms with Gasteiger partial charge in [-0.1, -0.05) is 58.2 Å². The minimum absolute atomic E-state index is 0.395. The lowest BCUT2D eigenvalue weighted by Gasteiger charge is -2.21. The molecule has 0 bridgehead atoms. The molecule has 4 aromatic rings. The molecule has 0 aliphatic carbocycles. The van der Waals surface area contributed by atoms with Crippen molar-refractivity contribution in [3.05, 3.63) is 93.6 Å². The molecule has 8 heteroatoms. The van der Waals surface area contributed by atoms with Gasteiger partial charge in [0.25, 0.3) is 0 Å². The molecule has 2 N–H and O–H groups in total. The van der Waals surface area contributed by atoms with E-state index in [-0.39, 0.29) is 0 Å². The normalized spacial score (nSPS) is 12.0. The lowest BCUT2D eigenvalue weighted by Crippen LogP contribution is -2.16. The number of aromatic nitrogens is 3. The van der Waals surface area contributed by atoms with Crippen molar-refractivity contribution in [3.8, 4) is 17.0 Å². The van der Waals surface area contributed by atoms with Crippen LogP contribution in [0.2, 0.25) is 15.1 Å². The predicted octanol–water partition coefficient (Wildman–Crippen LogP) is 6.31. The van der Waals surface area contributed by atoms with Crippen LogP contribution >= 0.6 is 34.8 Å². The van der Waals surface area contributed by atoms with Gasteiger partial charge in [-0.3, -0.25) is 0 Å². The molecule has 1 aromatic heterocycles. The van der Waals surface area contributed by atoms with Crippen molar-refractivity contribution < 1.29 is 4.74 Å². The average molecular weight is 460 g/mol. The van der Waals surface area contributed by atoms with E-state index in [2.05, 4.69) is 10.3 Å². The fourth-order valence-electron chi connectivity index (χ4n) is 2.98. The Kier molecular flexibility index (Phi) is 6.13. The molecular weight excluding hydrogens is 443 g/mol. The molecule has 1 heterocycles. The van der Waals surface area contributed by atoms with E-state index in [0.717, 1.165) is 16.8 Å². The van der Waals surface area contributed by atoms with Gasteiger partial charge in [-0.15, -0.1) is 5.10 Å². The van der Waals surface area contributed by atoms with E-state index < -0.39 is 6.10 Å². The number of hydrogen-bond donors (Lipinski definition) is 1. The molecule has 5 nitrogen and oxygen atoms in total. The van der Waals surface area contributed by atoms with E-state index in [0.29, 0.717) is 33.0 Å². The highest BCUT2D eigenvalue weighted by Gasteiger charge is 2.19. The topological polar surface area (TPSA) is 66.0 Å². The maximum atomic E-state index is 6.46. The second kappa shape index (κ2) is 8.96. The zero-order valence-corrected chi connectivity index (χ0v) is 17.9. The van der Waals surface area contributed by atoms with Crippen LogP contribution in [-0.2, 0) is 6.54 Å². The standard InChI is InChI=1S/C22H17Cl3N4O/c23-15-3-8-18(9-4-15)30-22(19-10-5-16(24)11-20(19)25)13-29-12-21(27-28-29)14-1-6-17(26)7-2-14/h1-12,22H,13,26H2. The van der Waals surface area contributed by atoms with Crippen molar-refractivity contribution in [2.24, 2.45) is 0 Å². The largest absolute Gasteiger partial charge is 0.484 e. The van der Waals surface area contributed by atoms with Gasteiger partial charge in [0.2, 0.25) is 0 Å². The van der Waals surface area contributed by atoms with Crippen LogP contribution in [0.1, 0.15) is 11.7 Å². The Balaban J connectivity index is 1.62. The first kappa shape index (κ1) is 20.5. The van der Waals surface area contributed by atoms with Gasteiger partial charge in [-0.25, -0.2) is 4.68 Å². The van der Waals surface area contributed by atoms with Crippen LogP contribution in [0.3, 0.4) is 0 Å². The van der Waals surface area contributed by atoms with Crippen LogP contribution in [0.15, 0.2) is 72.9 Å². The van der Waals surface area contributed by atoms with E-state index in [1.165, 1.54) is 0 Å². The summed E-state index contributed by atoms with van der Waals surface area (Å²) >= 11 is 18.5. The summed E-state index contributed by atoms with van der Waals surface area (Å²) in [4.78, 5) is 0. The van der Waals surface area contributed by atoms with Crippen LogP contribution in [0, 0.1) is 0 Å². The van der Waals surface area contributed by atoms with E-state index >= 15 is 0 Å². The maximum absolute atomic E-state index is 6.46. The number of benzene rings is 3. The van der Waals surface area contributed by atoms with Gasteiger partial charge in [0.05, 0.1) is 12.7 Å². The van der Waals surface area contributed by atoms with Crippen molar-refractivity contribution in [2.45, 2.75) is 12.6 Å². The van der Waals surface area contributed by atoms with Gasteiger partial charge >= 0.3 is 0 Å². The minimum Gasteiger partial charge on any atom is -0.484 e. The van der Waals surface area contributed by atoms with E-state index in [9.17, 15) is 0 Å². The highest BCUT2D eigenvalue weighted by atomic mass is 35.5. The number of ether oxygens (including phenoxy) is 1. The lowest BCUT2D eigenvalue weighted by atomic mass is 10.1. The molecule has 152 valence electrons. The molecule has 0 saturated carbocycles. The van der Waals surface area contributed by atoms with Crippen molar-refractivity contribution in [3.63, 3.8) is 0 Å². The molecule has 3 aromatic carbocycles. The molecule has 4 rings (SSSR count). The highest BCUT2D eigenvalue weighted by Crippen LogP contribution is 2.31. The predicted molar refractivity (Wildman–Crippen MR) is 121 cm³/mol. The maximum Gasteiger partial charge on any atom is 0.145 e. The molecule has 0 aliphatic heterocycles. The number of nitrogens with zero attached hydrogens (tertiary/aromatic N) is 3.